The number of likely N-dealkylation sites (N-methyl/N-ethyl adjacent to an activating group) is 1. The second-order valence-corrected chi connectivity index (χ2v) is 15.9. The van der Waals surface area contributed by atoms with Crippen molar-refractivity contribution in [2.75, 3.05) is 40.5 Å². The van der Waals surface area contributed by atoms with E-state index >= 15 is 0 Å². The summed E-state index contributed by atoms with van der Waals surface area (Å²) in [5.41, 5.74) is 0. The van der Waals surface area contributed by atoms with Gasteiger partial charge in [-0.05, 0) is 110 Å². The monoisotopic (exact) mass is 842 g/mol. The zero-order valence-corrected chi connectivity index (χ0v) is 38.0. The predicted molar refractivity (Wildman–Crippen MR) is 247 cm³/mol. The molecule has 0 radical (unpaired) electrons. The normalized spacial score (nSPS) is 14.4. The second-order valence-electron chi connectivity index (χ2n) is 14.5. The van der Waals surface area contributed by atoms with Crippen LogP contribution in [-0.2, 0) is 32.7 Å². The first-order valence-electron chi connectivity index (χ1n) is 22.2. The first kappa shape index (κ1) is 55.7. The summed E-state index contributed by atoms with van der Waals surface area (Å²) in [6, 6.07) is 0. The smallest absolute Gasteiger partial charge is 0.462 e. The van der Waals surface area contributed by atoms with Crippen molar-refractivity contribution in [3.05, 3.63) is 109 Å². The molecule has 0 amide bonds. The van der Waals surface area contributed by atoms with E-state index in [2.05, 4.69) is 123 Å². The molecular formula is C49H80NO8P. The SMILES string of the molecule is CC/C=C\C/C=C\C/C=C\C/C=C\C/C=C\CCCCCC(=O)OCC(COP(=O)(O)OCCN(C)C)OC(=O)CCCCCC/C=C\C/C=C\C/C=C\C/C=C\CC. The van der Waals surface area contributed by atoms with Crippen LogP contribution in [0.4, 0.5) is 0 Å². The molecule has 0 aromatic heterocycles. The lowest BCUT2D eigenvalue weighted by atomic mass is 10.1. The predicted octanol–water partition coefficient (Wildman–Crippen LogP) is 13.0. The van der Waals surface area contributed by atoms with Crippen LogP contribution in [0, 0.1) is 0 Å². The first-order chi connectivity index (χ1) is 28.7. The Morgan fingerprint density at radius 1 is 0.525 bits per heavy atom. The molecule has 0 aromatic rings. The Kier molecular flexibility index (Phi) is 40.4. The van der Waals surface area contributed by atoms with Gasteiger partial charge in [0.1, 0.15) is 6.61 Å². The number of esters is 2. The van der Waals surface area contributed by atoms with Gasteiger partial charge in [0, 0.05) is 19.4 Å². The highest BCUT2D eigenvalue weighted by molar-refractivity contribution is 7.47. The molecule has 0 spiro atoms. The van der Waals surface area contributed by atoms with E-state index in [1.54, 1.807) is 4.90 Å². The molecule has 0 aliphatic carbocycles. The Labute approximate surface area is 359 Å². The summed E-state index contributed by atoms with van der Waals surface area (Å²) in [6.45, 7) is 4.00. The lowest BCUT2D eigenvalue weighted by molar-refractivity contribution is -0.161. The van der Waals surface area contributed by atoms with Crippen LogP contribution in [0.3, 0.4) is 0 Å². The molecular weight excluding hydrogens is 762 g/mol. The van der Waals surface area contributed by atoms with E-state index in [0.29, 0.717) is 19.4 Å². The number of hydrogen-bond acceptors (Lipinski definition) is 8. The number of unbranched alkanes of at least 4 members (excludes halogenated alkanes) is 7. The van der Waals surface area contributed by atoms with Crippen LogP contribution in [0.15, 0.2) is 109 Å². The number of carbonyl (C=O) groups is 2. The molecule has 0 aromatic carbocycles. The maximum atomic E-state index is 12.7. The molecule has 0 bridgehead atoms. The molecule has 334 valence electrons. The quantitative estimate of drug-likeness (QED) is 0.0280. The Morgan fingerprint density at radius 3 is 1.36 bits per heavy atom. The number of hydrogen-bond donors (Lipinski definition) is 1. The van der Waals surface area contributed by atoms with Gasteiger partial charge in [-0.15, -0.1) is 0 Å². The van der Waals surface area contributed by atoms with Crippen LogP contribution in [-0.4, -0.2) is 68.3 Å². The molecule has 2 unspecified atom stereocenters. The molecule has 1 N–H and O–H groups in total. The van der Waals surface area contributed by atoms with E-state index in [9.17, 15) is 19.0 Å². The summed E-state index contributed by atoms with van der Waals surface area (Å²) >= 11 is 0. The fourth-order valence-electron chi connectivity index (χ4n) is 5.23. The summed E-state index contributed by atoms with van der Waals surface area (Å²) in [4.78, 5) is 37.1. The largest absolute Gasteiger partial charge is 0.472 e. The molecule has 0 rings (SSSR count). The standard InChI is InChI=1S/C49H80NO8P/c1-5-7-9-11-13-15-17-19-21-23-24-26-27-29-31-33-35-37-39-41-48(51)55-45-47(46-57-59(53,54)56-44-43-50(3)4)58-49(52)42-40-38-36-34-32-30-28-25-22-20-18-16-14-12-10-8-6-2/h7-10,13-16,19-22,24,26,28-31,47H,5-6,11-12,17-18,23,25,27,32-46H2,1-4H3,(H,53,54)/b9-7-,10-8-,15-13-,16-14-,21-19-,22-20-,26-24-,30-28-,31-29-. The zero-order valence-electron chi connectivity index (χ0n) is 37.1. The summed E-state index contributed by atoms with van der Waals surface area (Å²) in [6.07, 6.45) is 55.6. The average molecular weight is 842 g/mol. The minimum Gasteiger partial charge on any atom is -0.462 e. The van der Waals surface area contributed by atoms with E-state index in [1.807, 2.05) is 14.1 Å². The van der Waals surface area contributed by atoms with Crippen molar-refractivity contribution in [1.29, 1.82) is 0 Å². The molecule has 0 aliphatic rings. The van der Waals surface area contributed by atoms with Crippen molar-refractivity contribution < 1.29 is 37.6 Å². The number of nitrogens with zero attached hydrogens (tertiary/aromatic N) is 1. The molecule has 2 atom stereocenters. The van der Waals surface area contributed by atoms with Crippen molar-refractivity contribution in [3.8, 4) is 0 Å². The molecule has 0 saturated carbocycles. The van der Waals surface area contributed by atoms with Gasteiger partial charge < -0.3 is 19.3 Å². The highest BCUT2D eigenvalue weighted by Gasteiger charge is 2.26. The van der Waals surface area contributed by atoms with E-state index in [4.69, 9.17) is 18.5 Å². The Bertz CT molecular complexity index is 1340. The van der Waals surface area contributed by atoms with E-state index < -0.39 is 32.5 Å². The van der Waals surface area contributed by atoms with E-state index in [1.165, 1.54) is 0 Å². The van der Waals surface area contributed by atoms with Crippen molar-refractivity contribution in [2.45, 2.75) is 148 Å². The van der Waals surface area contributed by atoms with Gasteiger partial charge in [-0.3, -0.25) is 18.6 Å². The maximum absolute atomic E-state index is 12.7. The van der Waals surface area contributed by atoms with Gasteiger partial charge >= 0.3 is 19.8 Å². The van der Waals surface area contributed by atoms with Crippen LogP contribution in [0.1, 0.15) is 142 Å². The third-order valence-corrected chi connectivity index (χ3v) is 9.56. The molecule has 9 nitrogen and oxygen atoms in total. The second kappa shape index (κ2) is 42.8. The number of phosphoric acid groups is 1. The summed E-state index contributed by atoms with van der Waals surface area (Å²) in [5, 5.41) is 0. The van der Waals surface area contributed by atoms with Gasteiger partial charge in [0.25, 0.3) is 0 Å². The van der Waals surface area contributed by atoms with Gasteiger partial charge in [0.05, 0.1) is 13.2 Å². The number of rotatable bonds is 39. The lowest BCUT2D eigenvalue weighted by Gasteiger charge is -2.20. The van der Waals surface area contributed by atoms with E-state index in [0.717, 1.165) is 103 Å². The number of phosphoric ester groups is 1. The number of allylic oxidation sites excluding steroid dienone is 18. The maximum Gasteiger partial charge on any atom is 0.472 e. The topological polar surface area (TPSA) is 112 Å². The van der Waals surface area contributed by atoms with E-state index in [-0.39, 0.29) is 26.1 Å². The number of ether oxygens (including phenoxy) is 2. The van der Waals surface area contributed by atoms with Crippen LogP contribution < -0.4 is 0 Å². The molecule has 0 aliphatic heterocycles. The van der Waals surface area contributed by atoms with Crippen molar-refractivity contribution in [1.82, 2.24) is 4.90 Å². The zero-order chi connectivity index (χ0) is 43.3. The lowest BCUT2D eigenvalue weighted by Crippen LogP contribution is -2.29. The molecule has 10 heteroatoms. The van der Waals surface area contributed by atoms with Gasteiger partial charge in [-0.2, -0.15) is 0 Å². The van der Waals surface area contributed by atoms with Crippen molar-refractivity contribution >= 4 is 19.8 Å². The van der Waals surface area contributed by atoms with Crippen molar-refractivity contribution in [2.24, 2.45) is 0 Å². The van der Waals surface area contributed by atoms with Crippen LogP contribution in [0.5, 0.6) is 0 Å². The fraction of sp³-hybridized carbons (Fsp3) is 0.592. The Hall–Kier alpha value is -3.33. The van der Waals surface area contributed by atoms with Crippen molar-refractivity contribution in [3.63, 3.8) is 0 Å². The van der Waals surface area contributed by atoms with Crippen LogP contribution in [0.2, 0.25) is 0 Å². The average Bonchev–Trinajstić information content (AvgIpc) is 3.20. The summed E-state index contributed by atoms with van der Waals surface area (Å²) < 4.78 is 33.4. The summed E-state index contributed by atoms with van der Waals surface area (Å²) in [5.74, 6) is -0.881. The highest BCUT2D eigenvalue weighted by Crippen LogP contribution is 2.43. The van der Waals surface area contributed by atoms with Gasteiger partial charge in [-0.25, -0.2) is 4.57 Å². The molecule has 0 heterocycles. The minimum absolute atomic E-state index is 0.0103. The number of carbonyl (C=O) groups excluding carboxylic acids is 2. The van der Waals surface area contributed by atoms with Crippen LogP contribution >= 0.6 is 7.82 Å². The third kappa shape index (κ3) is 44.1. The highest BCUT2D eigenvalue weighted by atomic mass is 31.2. The van der Waals surface area contributed by atoms with Gasteiger partial charge in [-0.1, -0.05) is 142 Å². The fourth-order valence-corrected chi connectivity index (χ4v) is 5.97. The van der Waals surface area contributed by atoms with Crippen LogP contribution in [0.25, 0.3) is 0 Å². The molecule has 59 heavy (non-hydrogen) atoms. The Morgan fingerprint density at radius 2 is 0.915 bits per heavy atom. The molecule has 0 saturated heterocycles. The first-order valence-corrected chi connectivity index (χ1v) is 23.7. The van der Waals surface area contributed by atoms with Gasteiger partial charge in [0.15, 0.2) is 6.10 Å². The third-order valence-electron chi connectivity index (χ3n) is 8.57. The Balaban J connectivity index is 4.42. The molecule has 0 fully saturated rings. The summed E-state index contributed by atoms with van der Waals surface area (Å²) in [7, 11) is -0.759. The van der Waals surface area contributed by atoms with Gasteiger partial charge in [0.2, 0.25) is 0 Å². The minimum atomic E-state index is -4.39.